The van der Waals surface area contributed by atoms with Crippen LogP contribution in [0.25, 0.3) is 10.9 Å². The van der Waals surface area contributed by atoms with Crippen molar-refractivity contribution in [2.45, 2.75) is 38.3 Å². The number of pyridine rings is 1. The van der Waals surface area contributed by atoms with Gasteiger partial charge < -0.3 is 10.7 Å². The molecule has 23 heavy (non-hydrogen) atoms. The van der Waals surface area contributed by atoms with Crippen molar-refractivity contribution in [2.24, 2.45) is 5.73 Å². The summed E-state index contributed by atoms with van der Waals surface area (Å²) in [5.41, 5.74) is 6.53. The minimum atomic E-state index is -0.423. The van der Waals surface area contributed by atoms with Gasteiger partial charge in [-0.3, -0.25) is 14.5 Å². The summed E-state index contributed by atoms with van der Waals surface area (Å²) in [5, 5.41) is 0.348. The number of nitrogens with two attached hydrogens (primary N) is 1. The Balaban J connectivity index is 1.86. The van der Waals surface area contributed by atoms with Crippen molar-refractivity contribution >= 4 is 16.8 Å². The van der Waals surface area contributed by atoms with Gasteiger partial charge in [0.2, 0.25) is 5.91 Å². The number of carbonyl (C=O) groups excluding carboxylic acids is 1. The molecule has 1 aliphatic heterocycles. The van der Waals surface area contributed by atoms with Crippen LogP contribution in [0.3, 0.4) is 0 Å². The number of halogens is 1. The average Bonchev–Trinajstić information content (AvgIpc) is 2.50. The van der Waals surface area contributed by atoms with Crippen LogP contribution in [0, 0.1) is 5.82 Å². The molecule has 0 radical (unpaired) electrons. The Morgan fingerprint density at radius 1 is 1.35 bits per heavy atom. The number of rotatable bonds is 4. The fourth-order valence-electron chi connectivity index (χ4n) is 3.31. The van der Waals surface area contributed by atoms with Gasteiger partial charge in [-0.05, 0) is 37.6 Å². The first-order chi connectivity index (χ1) is 11.0. The molecular formula is C17H20FN3O2. The van der Waals surface area contributed by atoms with Gasteiger partial charge in [-0.15, -0.1) is 0 Å². The second kappa shape index (κ2) is 6.50. The highest BCUT2D eigenvalue weighted by molar-refractivity contribution is 5.78. The standard InChI is InChI=1S/C17H20FN3O2/c18-11-4-5-15-14(7-11)16(22)8-12(20-15)10-21-6-2-1-3-13(21)9-17(19)23/h4-5,7-8,13H,1-3,6,9-10H2,(H2,19,23)(H,20,22). The van der Waals surface area contributed by atoms with E-state index in [1.807, 2.05) is 0 Å². The number of likely N-dealkylation sites (tertiary alicyclic amines) is 1. The number of aromatic nitrogens is 1. The zero-order chi connectivity index (χ0) is 16.4. The summed E-state index contributed by atoms with van der Waals surface area (Å²) in [6.07, 6.45) is 3.43. The van der Waals surface area contributed by atoms with E-state index in [-0.39, 0.29) is 17.4 Å². The third-order valence-corrected chi connectivity index (χ3v) is 4.41. The van der Waals surface area contributed by atoms with E-state index >= 15 is 0 Å². The van der Waals surface area contributed by atoms with Crippen molar-refractivity contribution in [3.63, 3.8) is 0 Å². The number of hydrogen-bond acceptors (Lipinski definition) is 3. The van der Waals surface area contributed by atoms with Crippen molar-refractivity contribution in [3.05, 3.63) is 46.0 Å². The van der Waals surface area contributed by atoms with Gasteiger partial charge in [-0.2, -0.15) is 0 Å². The normalized spacial score (nSPS) is 19.1. The molecule has 3 rings (SSSR count). The van der Waals surface area contributed by atoms with Gasteiger partial charge in [-0.25, -0.2) is 4.39 Å². The molecule has 3 N–H and O–H groups in total. The molecule has 0 spiro atoms. The van der Waals surface area contributed by atoms with Crippen molar-refractivity contribution < 1.29 is 9.18 Å². The summed E-state index contributed by atoms with van der Waals surface area (Å²) in [6.45, 7) is 1.43. The molecule has 1 unspecified atom stereocenters. The monoisotopic (exact) mass is 317 g/mol. The number of benzene rings is 1. The van der Waals surface area contributed by atoms with Crippen LogP contribution in [0.15, 0.2) is 29.1 Å². The molecule has 1 fully saturated rings. The molecule has 122 valence electrons. The minimum absolute atomic E-state index is 0.119. The summed E-state index contributed by atoms with van der Waals surface area (Å²) < 4.78 is 13.3. The number of aromatic amines is 1. The van der Waals surface area contributed by atoms with Crippen LogP contribution >= 0.6 is 0 Å². The van der Waals surface area contributed by atoms with Crippen LogP contribution in [0.4, 0.5) is 4.39 Å². The smallest absolute Gasteiger partial charge is 0.218 e. The number of amides is 1. The SMILES string of the molecule is NC(=O)CC1CCCCN1Cc1cc(=O)c2cc(F)ccc2[nH]1. The minimum Gasteiger partial charge on any atom is -0.370 e. The van der Waals surface area contributed by atoms with Gasteiger partial charge in [0.05, 0.1) is 0 Å². The van der Waals surface area contributed by atoms with Crippen LogP contribution in [-0.4, -0.2) is 28.4 Å². The first-order valence-corrected chi connectivity index (χ1v) is 7.87. The van der Waals surface area contributed by atoms with E-state index < -0.39 is 5.82 Å². The Morgan fingerprint density at radius 3 is 2.96 bits per heavy atom. The van der Waals surface area contributed by atoms with Crippen LogP contribution < -0.4 is 11.2 Å². The van der Waals surface area contributed by atoms with Crippen molar-refractivity contribution in [2.75, 3.05) is 6.54 Å². The molecule has 1 amide bonds. The van der Waals surface area contributed by atoms with Crippen molar-refractivity contribution in [3.8, 4) is 0 Å². The molecule has 0 aliphatic carbocycles. The molecule has 1 aromatic heterocycles. The van der Waals surface area contributed by atoms with Gasteiger partial charge in [0.15, 0.2) is 5.43 Å². The lowest BCUT2D eigenvalue weighted by atomic mass is 9.98. The first kappa shape index (κ1) is 15.7. The Morgan fingerprint density at radius 2 is 2.17 bits per heavy atom. The number of H-pyrrole nitrogens is 1. The van der Waals surface area contributed by atoms with Crippen molar-refractivity contribution in [1.29, 1.82) is 0 Å². The van der Waals surface area contributed by atoms with E-state index in [1.165, 1.54) is 18.2 Å². The largest absolute Gasteiger partial charge is 0.370 e. The van der Waals surface area contributed by atoms with Crippen LogP contribution in [0.1, 0.15) is 31.4 Å². The number of primary amides is 1. The molecule has 1 saturated heterocycles. The Kier molecular flexibility index (Phi) is 4.43. The summed E-state index contributed by atoms with van der Waals surface area (Å²) in [7, 11) is 0. The Labute approximate surface area is 133 Å². The number of nitrogens with one attached hydrogen (secondary N) is 1. The second-order valence-electron chi connectivity index (χ2n) is 6.14. The van der Waals surface area contributed by atoms with Crippen LogP contribution in [0.5, 0.6) is 0 Å². The van der Waals surface area contributed by atoms with E-state index in [4.69, 9.17) is 5.73 Å². The quantitative estimate of drug-likeness (QED) is 0.904. The second-order valence-corrected chi connectivity index (χ2v) is 6.14. The van der Waals surface area contributed by atoms with Gasteiger partial charge >= 0.3 is 0 Å². The Bertz CT molecular complexity index is 787. The fourth-order valence-corrected chi connectivity index (χ4v) is 3.31. The number of piperidine rings is 1. The lowest BCUT2D eigenvalue weighted by Crippen LogP contribution is -2.41. The van der Waals surface area contributed by atoms with Crippen LogP contribution in [0.2, 0.25) is 0 Å². The van der Waals surface area contributed by atoms with Gasteiger partial charge in [-0.1, -0.05) is 6.42 Å². The van der Waals surface area contributed by atoms with Gasteiger partial charge in [0.25, 0.3) is 0 Å². The van der Waals surface area contributed by atoms with E-state index in [0.717, 1.165) is 31.5 Å². The van der Waals surface area contributed by atoms with E-state index in [1.54, 1.807) is 6.07 Å². The highest BCUT2D eigenvalue weighted by Gasteiger charge is 2.24. The van der Waals surface area contributed by atoms with E-state index in [2.05, 4.69) is 9.88 Å². The molecule has 0 bridgehead atoms. The van der Waals surface area contributed by atoms with Gasteiger partial charge in [0.1, 0.15) is 5.82 Å². The molecule has 0 saturated carbocycles. The predicted octanol–water partition coefficient (Wildman–Crippen LogP) is 1.90. The zero-order valence-electron chi connectivity index (χ0n) is 12.8. The maximum atomic E-state index is 13.3. The molecule has 2 heterocycles. The van der Waals surface area contributed by atoms with E-state index in [0.29, 0.717) is 23.9 Å². The lowest BCUT2D eigenvalue weighted by Gasteiger charge is -2.35. The average molecular weight is 317 g/mol. The number of nitrogens with zero attached hydrogens (tertiary/aromatic N) is 1. The predicted molar refractivity (Wildman–Crippen MR) is 86.4 cm³/mol. The van der Waals surface area contributed by atoms with Crippen LogP contribution in [-0.2, 0) is 11.3 Å². The molecule has 1 aliphatic rings. The third-order valence-electron chi connectivity index (χ3n) is 4.41. The highest BCUT2D eigenvalue weighted by atomic mass is 19.1. The molecule has 1 atom stereocenters. The molecule has 5 nitrogen and oxygen atoms in total. The summed E-state index contributed by atoms with van der Waals surface area (Å²) in [4.78, 5) is 28.8. The summed E-state index contributed by atoms with van der Waals surface area (Å²) >= 11 is 0. The summed E-state index contributed by atoms with van der Waals surface area (Å²) in [5.74, 6) is -0.724. The summed E-state index contributed by atoms with van der Waals surface area (Å²) in [6, 6.07) is 5.78. The van der Waals surface area contributed by atoms with Crippen molar-refractivity contribution in [1.82, 2.24) is 9.88 Å². The Hall–Kier alpha value is -2.21. The molecule has 2 aromatic rings. The number of fused-ring (bicyclic) bond motifs is 1. The zero-order valence-corrected chi connectivity index (χ0v) is 12.8. The molecule has 6 heteroatoms. The maximum absolute atomic E-state index is 13.3. The number of hydrogen-bond donors (Lipinski definition) is 2. The first-order valence-electron chi connectivity index (χ1n) is 7.87. The third kappa shape index (κ3) is 3.59. The molecule has 1 aromatic carbocycles. The maximum Gasteiger partial charge on any atom is 0.218 e. The topological polar surface area (TPSA) is 79.2 Å². The van der Waals surface area contributed by atoms with Gasteiger partial charge in [0, 0.05) is 41.7 Å². The van der Waals surface area contributed by atoms with E-state index in [9.17, 15) is 14.0 Å². The highest BCUT2D eigenvalue weighted by Crippen LogP contribution is 2.21. The number of carbonyl (C=O) groups is 1. The lowest BCUT2D eigenvalue weighted by molar-refractivity contribution is -0.119. The molecular weight excluding hydrogens is 297 g/mol. The fraction of sp³-hybridized carbons (Fsp3) is 0.412.